The van der Waals surface area contributed by atoms with Gasteiger partial charge < -0.3 is 11.1 Å². The number of carbonyl (C=O) groups excluding carboxylic acids is 1. The van der Waals surface area contributed by atoms with Crippen molar-refractivity contribution < 1.29 is 4.79 Å². The zero-order valence-electron chi connectivity index (χ0n) is 10.5. The summed E-state index contributed by atoms with van der Waals surface area (Å²) in [6, 6.07) is 0.193. The van der Waals surface area contributed by atoms with Gasteiger partial charge in [0, 0.05) is 19.0 Å². The summed E-state index contributed by atoms with van der Waals surface area (Å²) in [5.74, 6) is 3.37. The topological polar surface area (TPSA) is 55.1 Å². The summed E-state index contributed by atoms with van der Waals surface area (Å²) in [6.45, 7) is 0.685. The number of rotatable bonds is 5. The van der Waals surface area contributed by atoms with Crippen LogP contribution in [0.5, 0.6) is 0 Å². The van der Waals surface area contributed by atoms with Crippen molar-refractivity contribution in [1.29, 1.82) is 0 Å². The van der Waals surface area contributed by atoms with Crippen molar-refractivity contribution in [3.8, 4) is 0 Å². The van der Waals surface area contributed by atoms with Crippen LogP contribution >= 0.6 is 0 Å². The normalized spacial score (nSPS) is 37.1. The highest BCUT2D eigenvalue weighted by molar-refractivity contribution is 5.76. The molecule has 3 nitrogen and oxygen atoms in total. The summed E-state index contributed by atoms with van der Waals surface area (Å²) in [7, 11) is 0. The third-order valence-corrected chi connectivity index (χ3v) is 5.09. The molecule has 4 unspecified atom stereocenters. The molecule has 3 aliphatic carbocycles. The minimum Gasteiger partial charge on any atom is -0.355 e. The van der Waals surface area contributed by atoms with Crippen LogP contribution in [-0.2, 0) is 4.79 Å². The summed E-state index contributed by atoms with van der Waals surface area (Å²) in [5, 5.41) is 3.03. The number of fused-ring (bicyclic) bond motifs is 2. The quantitative estimate of drug-likeness (QED) is 0.763. The molecule has 3 N–H and O–H groups in total. The van der Waals surface area contributed by atoms with Gasteiger partial charge in [-0.25, -0.2) is 0 Å². The molecule has 0 aromatic heterocycles. The minimum absolute atomic E-state index is 0.193. The van der Waals surface area contributed by atoms with E-state index in [4.69, 9.17) is 5.73 Å². The lowest BCUT2D eigenvalue weighted by Crippen LogP contribution is -2.39. The first-order valence-electron chi connectivity index (χ1n) is 7.24. The minimum atomic E-state index is 0.193. The van der Waals surface area contributed by atoms with Crippen LogP contribution in [-0.4, -0.2) is 18.5 Å². The maximum Gasteiger partial charge on any atom is 0.220 e. The van der Waals surface area contributed by atoms with Crippen LogP contribution in [0.25, 0.3) is 0 Å². The first-order valence-corrected chi connectivity index (χ1v) is 7.24. The molecule has 3 fully saturated rings. The van der Waals surface area contributed by atoms with E-state index in [0.717, 1.165) is 18.3 Å². The molecule has 3 rings (SSSR count). The van der Waals surface area contributed by atoms with Crippen molar-refractivity contribution in [3.05, 3.63) is 0 Å². The molecule has 17 heavy (non-hydrogen) atoms. The summed E-state index contributed by atoms with van der Waals surface area (Å²) in [4.78, 5) is 11.9. The molecule has 0 aliphatic heterocycles. The van der Waals surface area contributed by atoms with Gasteiger partial charge in [0.1, 0.15) is 0 Å². The van der Waals surface area contributed by atoms with Crippen LogP contribution in [0, 0.1) is 23.7 Å². The zero-order chi connectivity index (χ0) is 11.8. The van der Waals surface area contributed by atoms with E-state index >= 15 is 0 Å². The average molecular weight is 236 g/mol. The molecule has 96 valence electrons. The second kappa shape index (κ2) is 4.60. The van der Waals surface area contributed by atoms with Crippen LogP contribution < -0.4 is 11.1 Å². The Bertz CT molecular complexity index is 301. The Morgan fingerprint density at radius 1 is 1.24 bits per heavy atom. The molecular formula is C14H24N2O. The van der Waals surface area contributed by atoms with E-state index in [1.54, 1.807) is 0 Å². The molecule has 0 saturated heterocycles. The predicted octanol–water partition coefficient (Wildman–Crippen LogP) is 1.67. The van der Waals surface area contributed by atoms with Crippen LogP contribution in [0.3, 0.4) is 0 Å². The van der Waals surface area contributed by atoms with E-state index in [-0.39, 0.29) is 11.9 Å². The Balaban J connectivity index is 1.38. The molecule has 3 aliphatic rings. The molecule has 0 heterocycles. The Morgan fingerprint density at radius 2 is 2.06 bits per heavy atom. The summed E-state index contributed by atoms with van der Waals surface area (Å²) in [6.07, 6.45) is 8.72. The maximum absolute atomic E-state index is 11.9. The third kappa shape index (κ3) is 2.65. The second-order valence-corrected chi connectivity index (χ2v) is 6.44. The Morgan fingerprint density at radius 3 is 2.65 bits per heavy atom. The van der Waals surface area contributed by atoms with Gasteiger partial charge in [0.25, 0.3) is 0 Å². The van der Waals surface area contributed by atoms with E-state index in [0.29, 0.717) is 18.4 Å². The van der Waals surface area contributed by atoms with E-state index in [1.807, 2.05) is 0 Å². The third-order valence-electron chi connectivity index (χ3n) is 5.09. The Hall–Kier alpha value is -0.570. The molecular weight excluding hydrogens is 212 g/mol. The molecule has 0 aromatic carbocycles. The Kier molecular flexibility index (Phi) is 3.12. The Labute approximate surface area is 104 Å². The largest absolute Gasteiger partial charge is 0.355 e. The highest BCUT2D eigenvalue weighted by atomic mass is 16.1. The van der Waals surface area contributed by atoms with Gasteiger partial charge in [-0.15, -0.1) is 0 Å². The van der Waals surface area contributed by atoms with Crippen molar-refractivity contribution in [2.45, 2.75) is 51.0 Å². The molecule has 0 radical (unpaired) electrons. The fourth-order valence-corrected chi connectivity index (χ4v) is 3.86. The highest BCUT2D eigenvalue weighted by Crippen LogP contribution is 2.49. The van der Waals surface area contributed by atoms with Crippen molar-refractivity contribution in [2.24, 2.45) is 29.4 Å². The van der Waals surface area contributed by atoms with E-state index in [9.17, 15) is 4.79 Å². The zero-order valence-corrected chi connectivity index (χ0v) is 10.5. The average Bonchev–Trinajstić information content (AvgIpc) is 2.97. The molecule has 0 spiro atoms. The van der Waals surface area contributed by atoms with Gasteiger partial charge in [-0.1, -0.05) is 6.42 Å². The number of carbonyl (C=O) groups is 1. The van der Waals surface area contributed by atoms with Gasteiger partial charge in [0.05, 0.1) is 0 Å². The smallest absolute Gasteiger partial charge is 0.220 e. The van der Waals surface area contributed by atoms with Crippen LogP contribution in [0.15, 0.2) is 0 Å². The molecule has 0 aromatic rings. The lowest BCUT2D eigenvalue weighted by atomic mass is 9.86. The van der Waals surface area contributed by atoms with Gasteiger partial charge >= 0.3 is 0 Å². The van der Waals surface area contributed by atoms with Crippen molar-refractivity contribution in [1.82, 2.24) is 5.32 Å². The molecule has 4 atom stereocenters. The van der Waals surface area contributed by atoms with E-state index in [1.165, 1.54) is 38.5 Å². The van der Waals surface area contributed by atoms with Gasteiger partial charge in [-0.3, -0.25) is 4.79 Å². The molecule has 2 bridgehead atoms. The monoisotopic (exact) mass is 236 g/mol. The van der Waals surface area contributed by atoms with E-state index in [2.05, 4.69) is 5.32 Å². The van der Waals surface area contributed by atoms with Gasteiger partial charge in [-0.2, -0.15) is 0 Å². The van der Waals surface area contributed by atoms with E-state index < -0.39 is 0 Å². The van der Waals surface area contributed by atoms with Crippen molar-refractivity contribution in [2.75, 3.05) is 6.54 Å². The number of nitrogens with one attached hydrogen (secondary N) is 1. The van der Waals surface area contributed by atoms with Crippen molar-refractivity contribution >= 4 is 5.91 Å². The maximum atomic E-state index is 11.9. The number of amides is 1. The van der Waals surface area contributed by atoms with Gasteiger partial charge in [0.2, 0.25) is 5.91 Å². The van der Waals surface area contributed by atoms with Gasteiger partial charge in [0.15, 0.2) is 0 Å². The first-order chi connectivity index (χ1) is 8.22. The molecule has 1 amide bonds. The summed E-state index contributed by atoms with van der Waals surface area (Å²) in [5.41, 5.74) is 5.98. The fraction of sp³-hybridized carbons (Fsp3) is 0.929. The second-order valence-electron chi connectivity index (χ2n) is 6.44. The number of hydrogen-bond donors (Lipinski definition) is 2. The summed E-state index contributed by atoms with van der Waals surface area (Å²) >= 11 is 0. The van der Waals surface area contributed by atoms with Crippen molar-refractivity contribution in [3.63, 3.8) is 0 Å². The first kappa shape index (κ1) is 11.5. The summed E-state index contributed by atoms with van der Waals surface area (Å²) < 4.78 is 0. The molecule has 3 saturated carbocycles. The number of nitrogens with two attached hydrogens (primary N) is 1. The van der Waals surface area contributed by atoms with Crippen LogP contribution in [0.4, 0.5) is 0 Å². The standard InChI is InChI=1S/C14H24N2O/c15-13(10-3-4-10)8-16-14(17)7-12-6-9-1-2-11(12)5-9/h9-13H,1-8,15H2,(H,16,17). The lowest BCUT2D eigenvalue weighted by Gasteiger charge is -2.21. The highest BCUT2D eigenvalue weighted by Gasteiger charge is 2.40. The number of hydrogen-bond acceptors (Lipinski definition) is 2. The lowest BCUT2D eigenvalue weighted by molar-refractivity contribution is -0.122. The van der Waals surface area contributed by atoms with Crippen LogP contribution in [0.2, 0.25) is 0 Å². The molecule has 3 heteroatoms. The SMILES string of the molecule is NC(CNC(=O)CC1CC2CCC1C2)C1CC1. The van der Waals surface area contributed by atoms with Gasteiger partial charge in [-0.05, 0) is 55.8 Å². The predicted molar refractivity (Wildman–Crippen MR) is 67.3 cm³/mol. The van der Waals surface area contributed by atoms with Crippen LogP contribution in [0.1, 0.15) is 44.9 Å². The fourth-order valence-electron chi connectivity index (χ4n) is 3.86.